The molecule has 0 saturated heterocycles. The molecule has 0 amide bonds. The molecule has 4 unspecified atom stereocenters. The van der Waals surface area contributed by atoms with Gasteiger partial charge in [0.1, 0.15) is 0 Å². The minimum Gasteiger partial charge on any atom is -0.390 e. The molecule has 0 aromatic carbocycles. The van der Waals surface area contributed by atoms with E-state index >= 15 is 0 Å². The van der Waals surface area contributed by atoms with E-state index in [1.165, 1.54) is 6.92 Å². The highest BCUT2D eigenvalue weighted by Crippen LogP contribution is 2.40. The van der Waals surface area contributed by atoms with E-state index < -0.39 is 36.6 Å². The van der Waals surface area contributed by atoms with Gasteiger partial charge in [0.2, 0.25) is 6.10 Å². The lowest BCUT2D eigenvalue weighted by Gasteiger charge is -2.39. The highest BCUT2D eigenvalue weighted by molar-refractivity contribution is 4.87. The average Bonchev–Trinajstić information content (AvgIpc) is 2.11. The number of alkyl halides is 6. The van der Waals surface area contributed by atoms with Crippen LogP contribution < -0.4 is 0 Å². The number of hydrogen-bond donors (Lipinski definition) is 1. The standard InChI is InChI=1S/C11H16F6O2/c1-5-3-6(2)8(7(18)4-5)19-9(10(12,13)14)11(15,16)17/h5-9,18H,3-4H2,1-2H3. The molecule has 0 aliphatic heterocycles. The fourth-order valence-electron chi connectivity index (χ4n) is 2.51. The van der Waals surface area contributed by atoms with Gasteiger partial charge in [-0.15, -0.1) is 0 Å². The maximum Gasteiger partial charge on any atom is 0.423 e. The Morgan fingerprint density at radius 1 is 1.00 bits per heavy atom. The van der Waals surface area contributed by atoms with Crippen molar-refractivity contribution in [2.24, 2.45) is 11.8 Å². The van der Waals surface area contributed by atoms with Crippen LogP contribution >= 0.6 is 0 Å². The minimum absolute atomic E-state index is 0.0417. The Kier molecular flexibility index (Phi) is 4.77. The fourth-order valence-corrected chi connectivity index (χ4v) is 2.51. The Labute approximate surface area is 106 Å². The first-order chi connectivity index (χ1) is 8.43. The van der Waals surface area contributed by atoms with Crippen LogP contribution in [0.15, 0.2) is 0 Å². The zero-order chi connectivity index (χ0) is 15.0. The fraction of sp³-hybridized carbons (Fsp3) is 1.00. The Morgan fingerprint density at radius 3 is 1.84 bits per heavy atom. The molecule has 0 aromatic rings. The van der Waals surface area contributed by atoms with Crippen LogP contribution in [0.25, 0.3) is 0 Å². The summed E-state index contributed by atoms with van der Waals surface area (Å²) < 4.78 is 78.4. The van der Waals surface area contributed by atoms with E-state index in [1.807, 2.05) is 0 Å². The first-order valence-corrected chi connectivity index (χ1v) is 5.90. The second-order valence-corrected chi connectivity index (χ2v) is 5.19. The number of aliphatic hydroxyl groups excluding tert-OH is 1. The molecular formula is C11H16F6O2. The zero-order valence-electron chi connectivity index (χ0n) is 10.4. The van der Waals surface area contributed by atoms with Crippen LogP contribution in [-0.4, -0.2) is 35.8 Å². The van der Waals surface area contributed by atoms with Gasteiger partial charge in [-0.05, 0) is 24.7 Å². The molecule has 1 fully saturated rings. The summed E-state index contributed by atoms with van der Waals surface area (Å²) in [5.74, 6) is -0.522. The van der Waals surface area contributed by atoms with Crippen LogP contribution in [-0.2, 0) is 4.74 Å². The van der Waals surface area contributed by atoms with Gasteiger partial charge in [-0.25, -0.2) is 0 Å². The third-order valence-corrected chi connectivity index (χ3v) is 3.25. The van der Waals surface area contributed by atoms with Crippen molar-refractivity contribution in [3.63, 3.8) is 0 Å². The van der Waals surface area contributed by atoms with Gasteiger partial charge < -0.3 is 9.84 Å². The van der Waals surface area contributed by atoms with Gasteiger partial charge in [-0.3, -0.25) is 0 Å². The molecule has 1 rings (SSSR count). The lowest BCUT2D eigenvalue weighted by molar-refractivity contribution is -0.341. The maximum atomic E-state index is 12.4. The molecule has 8 heteroatoms. The van der Waals surface area contributed by atoms with Crippen molar-refractivity contribution in [3.8, 4) is 0 Å². The number of ether oxygens (including phenoxy) is 1. The van der Waals surface area contributed by atoms with E-state index in [0.29, 0.717) is 6.42 Å². The molecule has 1 N–H and O–H groups in total. The average molecular weight is 294 g/mol. The van der Waals surface area contributed by atoms with Gasteiger partial charge in [0.15, 0.2) is 0 Å². The van der Waals surface area contributed by atoms with E-state index in [9.17, 15) is 31.4 Å². The van der Waals surface area contributed by atoms with Crippen LogP contribution in [0.4, 0.5) is 26.3 Å². The number of aliphatic hydroxyl groups is 1. The molecule has 0 radical (unpaired) electrons. The topological polar surface area (TPSA) is 29.5 Å². The van der Waals surface area contributed by atoms with Gasteiger partial charge in [-0.1, -0.05) is 13.8 Å². The van der Waals surface area contributed by atoms with Crippen molar-refractivity contribution in [2.75, 3.05) is 0 Å². The largest absolute Gasteiger partial charge is 0.423 e. The lowest BCUT2D eigenvalue weighted by atomic mass is 9.79. The first kappa shape index (κ1) is 16.6. The van der Waals surface area contributed by atoms with Gasteiger partial charge in [0.25, 0.3) is 0 Å². The van der Waals surface area contributed by atoms with Crippen LogP contribution in [0, 0.1) is 11.8 Å². The molecule has 0 aromatic heterocycles. The second kappa shape index (κ2) is 5.47. The molecule has 0 bridgehead atoms. The summed E-state index contributed by atoms with van der Waals surface area (Å²) >= 11 is 0. The third-order valence-electron chi connectivity index (χ3n) is 3.25. The van der Waals surface area contributed by atoms with Crippen molar-refractivity contribution in [1.29, 1.82) is 0 Å². The predicted molar refractivity (Wildman–Crippen MR) is 54.3 cm³/mol. The molecule has 2 nitrogen and oxygen atoms in total. The summed E-state index contributed by atoms with van der Waals surface area (Å²) in [4.78, 5) is 0. The summed E-state index contributed by atoms with van der Waals surface area (Å²) in [6, 6.07) is 0. The third kappa shape index (κ3) is 4.24. The van der Waals surface area contributed by atoms with E-state index in [0.717, 1.165) is 0 Å². The lowest BCUT2D eigenvalue weighted by Crippen LogP contribution is -2.51. The molecule has 0 spiro atoms. The molecule has 1 aliphatic rings. The van der Waals surface area contributed by atoms with Crippen molar-refractivity contribution in [2.45, 2.75) is 57.4 Å². The highest BCUT2D eigenvalue weighted by Gasteiger charge is 2.59. The molecule has 114 valence electrons. The maximum absolute atomic E-state index is 12.4. The molecule has 4 atom stereocenters. The summed E-state index contributed by atoms with van der Waals surface area (Å²) in [5, 5.41) is 9.63. The van der Waals surface area contributed by atoms with Gasteiger partial charge >= 0.3 is 12.4 Å². The van der Waals surface area contributed by atoms with Crippen LogP contribution in [0.5, 0.6) is 0 Å². The van der Waals surface area contributed by atoms with E-state index in [-0.39, 0.29) is 12.3 Å². The molecule has 19 heavy (non-hydrogen) atoms. The quantitative estimate of drug-likeness (QED) is 0.792. The van der Waals surface area contributed by atoms with Gasteiger partial charge in [0.05, 0.1) is 12.2 Å². The predicted octanol–water partition coefficient (Wildman–Crippen LogP) is 3.29. The highest BCUT2D eigenvalue weighted by atomic mass is 19.4. The van der Waals surface area contributed by atoms with Crippen molar-refractivity contribution in [3.05, 3.63) is 0 Å². The first-order valence-electron chi connectivity index (χ1n) is 5.90. The summed E-state index contributed by atoms with van der Waals surface area (Å²) in [6.45, 7) is 3.26. The number of rotatable bonds is 2. The normalized spacial score (nSPS) is 33.8. The Balaban J connectivity index is 2.85. The van der Waals surface area contributed by atoms with Gasteiger partial charge in [-0.2, -0.15) is 26.3 Å². The number of hydrogen-bond acceptors (Lipinski definition) is 2. The van der Waals surface area contributed by atoms with E-state index in [2.05, 4.69) is 4.74 Å². The molecule has 1 saturated carbocycles. The second-order valence-electron chi connectivity index (χ2n) is 5.19. The van der Waals surface area contributed by atoms with Gasteiger partial charge in [0, 0.05) is 0 Å². The Hall–Kier alpha value is -0.500. The molecular weight excluding hydrogens is 278 g/mol. The molecule has 0 heterocycles. The zero-order valence-corrected chi connectivity index (χ0v) is 10.4. The SMILES string of the molecule is CC1CC(C)C(OC(C(F)(F)F)C(F)(F)F)C(O)C1. The van der Waals surface area contributed by atoms with Crippen LogP contribution in [0.1, 0.15) is 26.7 Å². The molecule has 1 aliphatic carbocycles. The van der Waals surface area contributed by atoms with Crippen molar-refractivity contribution < 1.29 is 36.2 Å². The van der Waals surface area contributed by atoms with Crippen LogP contribution in [0.2, 0.25) is 0 Å². The summed E-state index contributed by atoms with van der Waals surface area (Å²) in [6.07, 6.45) is -17.1. The Bertz CT molecular complexity index is 275. The Morgan fingerprint density at radius 2 is 1.47 bits per heavy atom. The summed E-state index contributed by atoms with van der Waals surface area (Å²) in [5.41, 5.74) is 0. The minimum atomic E-state index is -5.54. The number of halogens is 6. The van der Waals surface area contributed by atoms with Crippen molar-refractivity contribution >= 4 is 0 Å². The monoisotopic (exact) mass is 294 g/mol. The smallest absolute Gasteiger partial charge is 0.390 e. The van der Waals surface area contributed by atoms with Crippen LogP contribution in [0.3, 0.4) is 0 Å². The van der Waals surface area contributed by atoms with E-state index in [4.69, 9.17) is 0 Å². The summed E-state index contributed by atoms with van der Waals surface area (Å²) in [7, 11) is 0. The van der Waals surface area contributed by atoms with Crippen molar-refractivity contribution in [1.82, 2.24) is 0 Å². The van der Waals surface area contributed by atoms with E-state index in [1.54, 1.807) is 6.92 Å².